The van der Waals surface area contributed by atoms with Gasteiger partial charge in [-0.15, -0.1) is 0 Å². The Morgan fingerprint density at radius 2 is 1.76 bits per heavy atom. The average Bonchev–Trinajstić information content (AvgIpc) is 3.06. The number of benzene rings is 2. The fourth-order valence-electron chi connectivity index (χ4n) is 3.17. The number of nitrogens with one attached hydrogen (secondary N) is 1. The molecule has 0 radical (unpaired) electrons. The maximum atomic E-state index is 11.3. The minimum absolute atomic E-state index is 0.00136. The van der Waals surface area contributed by atoms with Crippen molar-refractivity contribution in [3.8, 4) is 11.5 Å². The average molecular weight is 401 g/mol. The Kier molecular flexibility index (Phi) is 5.76. The Morgan fingerprint density at radius 3 is 2.41 bits per heavy atom. The maximum absolute atomic E-state index is 11.3. The highest BCUT2D eigenvalue weighted by atomic mass is 16.8. The summed E-state index contributed by atoms with van der Waals surface area (Å²) in [6, 6.07) is 12.5. The number of hydrogen-bond donors (Lipinski definition) is 4. The summed E-state index contributed by atoms with van der Waals surface area (Å²) in [5.41, 5.74) is 2.73. The number of hydrogen-bond acceptors (Lipinski definition) is 6. The van der Waals surface area contributed by atoms with E-state index in [1.54, 1.807) is 12.1 Å². The van der Waals surface area contributed by atoms with Gasteiger partial charge in [0.2, 0.25) is 0 Å². The van der Waals surface area contributed by atoms with E-state index in [0.29, 0.717) is 13.0 Å². The number of carboxylic acid groups (broad SMARTS) is 2. The highest BCUT2D eigenvalue weighted by Gasteiger charge is 2.57. The quantitative estimate of drug-likeness (QED) is 0.494. The van der Waals surface area contributed by atoms with E-state index in [1.165, 1.54) is 6.07 Å². The number of aryl methyl sites for hydroxylation is 1. The molecule has 3 rings (SSSR count). The van der Waals surface area contributed by atoms with Crippen molar-refractivity contribution in [3.05, 3.63) is 59.2 Å². The molecule has 0 bridgehead atoms. The van der Waals surface area contributed by atoms with Gasteiger partial charge in [-0.3, -0.25) is 0 Å². The molecule has 2 aromatic carbocycles. The molecule has 1 aliphatic rings. The van der Waals surface area contributed by atoms with Crippen molar-refractivity contribution in [1.29, 1.82) is 0 Å². The smallest absolute Gasteiger partial charge is 0.453 e. The molecule has 0 saturated carbocycles. The summed E-state index contributed by atoms with van der Waals surface area (Å²) in [6.45, 7) is 4.29. The van der Waals surface area contributed by atoms with Crippen molar-refractivity contribution in [3.63, 3.8) is 0 Å². The Balaban J connectivity index is 1.61. The fourth-order valence-corrected chi connectivity index (χ4v) is 3.17. The molecule has 2 atom stereocenters. The van der Waals surface area contributed by atoms with Crippen LogP contribution in [0.5, 0.6) is 11.5 Å². The molecule has 1 heterocycles. The predicted molar refractivity (Wildman–Crippen MR) is 103 cm³/mol. The van der Waals surface area contributed by atoms with Crippen LogP contribution in [0.15, 0.2) is 42.5 Å². The summed E-state index contributed by atoms with van der Waals surface area (Å²) in [7, 11) is 0. The molecule has 0 saturated heterocycles. The first-order valence-electron chi connectivity index (χ1n) is 9.17. The van der Waals surface area contributed by atoms with Gasteiger partial charge in [0.15, 0.2) is 11.5 Å². The molecule has 2 aromatic rings. The van der Waals surface area contributed by atoms with Crippen LogP contribution in [-0.4, -0.2) is 45.6 Å². The lowest BCUT2D eigenvalue weighted by atomic mass is 10.0. The Morgan fingerprint density at radius 1 is 1.07 bits per heavy atom. The van der Waals surface area contributed by atoms with E-state index in [-0.39, 0.29) is 17.5 Å². The number of fused-ring (bicyclic) bond motifs is 1. The molecule has 0 amide bonds. The first-order valence-corrected chi connectivity index (χ1v) is 9.17. The number of aliphatic hydroxyl groups is 1. The second-order valence-electron chi connectivity index (χ2n) is 7.16. The van der Waals surface area contributed by atoms with Gasteiger partial charge in [-0.1, -0.05) is 35.9 Å². The van der Waals surface area contributed by atoms with E-state index in [0.717, 1.165) is 16.7 Å². The van der Waals surface area contributed by atoms with Crippen molar-refractivity contribution in [2.45, 2.75) is 38.2 Å². The van der Waals surface area contributed by atoms with Crippen LogP contribution in [-0.2, 0) is 16.0 Å². The second-order valence-corrected chi connectivity index (χ2v) is 7.16. The van der Waals surface area contributed by atoms with Crippen LogP contribution in [0.2, 0.25) is 0 Å². The van der Waals surface area contributed by atoms with E-state index in [4.69, 9.17) is 9.47 Å². The maximum Gasteiger partial charge on any atom is 0.453 e. The first kappa shape index (κ1) is 20.6. The molecule has 0 aromatic heterocycles. The lowest BCUT2D eigenvalue weighted by Crippen LogP contribution is -2.54. The minimum atomic E-state index is -2.76. The van der Waals surface area contributed by atoms with Crippen LogP contribution < -0.4 is 14.8 Å². The van der Waals surface area contributed by atoms with Crippen LogP contribution >= 0.6 is 0 Å². The molecule has 0 spiro atoms. The topological polar surface area (TPSA) is 125 Å². The lowest BCUT2D eigenvalue weighted by Gasteiger charge is -2.18. The zero-order valence-corrected chi connectivity index (χ0v) is 16.1. The minimum Gasteiger partial charge on any atom is -0.475 e. The summed E-state index contributed by atoms with van der Waals surface area (Å²) < 4.78 is 10.2. The van der Waals surface area contributed by atoms with Gasteiger partial charge in [-0.25, -0.2) is 9.59 Å². The van der Waals surface area contributed by atoms with Crippen molar-refractivity contribution >= 4 is 11.9 Å². The molecule has 29 heavy (non-hydrogen) atoms. The van der Waals surface area contributed by atoms with Crippen LogP contribution in [0.3, 0.4) is 0 Å². The van der Waals surface area contributed by atoms with Crippen LogP contribution in [0.4, 0.5) is 0 Å². The third-order valence-corrected chi connectivity index (χ3v) is 4.71. The fraction of sp³-hybridized carbons (Fsp3) is 0.333. The van der Waals surface area contributed by atoms with Crippen LogP contribution in [0.1, 0.15) is 29.7 Å². The molecule has 0 aliphatic carbocycles. The molecule has 0 fully saturated rings. The van der Waals surface area contributed by atoms with E-state index in [1.807, 2.05) is 38.1 Å². The number of ether oxygens (including phenoxy) is 2. The summed E-state index contributed by atoms with van der Waals surface area (Å²) in [4.78, 5) is 22.6. The molecule has 1 aliphatic heterocycles. The summed E-state index contributed by atoms with van der Waals surface area (Å²) in [5, 5.41) is 32.0. The van der Waals surface area contributed by atoms with Gasteiger partial charge >= 0.3 is 17.7 Å². The van der Waals surface area contributed by atoms with Gasteiger partial charge in [0.05, 0.1) is 6.10 Å². The summed E-state index contributed by atoms with van der Waals surface area (Å²) >= 11 is 0. The van der Waals surface area contributed by atoms with Crippen LogP contribution in [0, 0.1) is 6.92 Å². The van der Waals surface area contributed by atoms with Crippen molar-refractivity contribution in [1.82, 2.24) is 5.32 Å². The van der Waals surface area contributed by atoms with Crippen LogP contribution in [0.25, 0.3) is 0 Å². The number of carboxylic acids is 2. The Labute approximate surface area is 167 Å². The summed E-state index contributed by atoms with van der Waals surface area (Å²) in [6.07, 6.45) is -0.0783. The van der Waals surface area contributed by atoms with Gasteiger partial charge in [0.25, 0.3) is 0 Å². The van der Waals surface area contributed by atoms with Gasteiger partial charge in [0.1, 0.15) is 0 Å². The van der Waals surface area contributed by atoms with E-state index >= 15 is 0 Å². The highest BCUT2D eigenvalue weighted by Crippen LogP contribution is 2.40. The van der Waals surface area contributed by atoms with Crippen molar-refractivity contribution in [2.24, 2.45) is 0 Å². The standard InChI is InChI=1S/C21H23NO7/c1-12-4-3-5-15(8-12)16(23)11-22-13(2)9-14-6-7-17-18(10-14)29-21(28-17,19(24)25)20(26)27/h3-8,10,13,16,22-23H,9,11H2,1-2H3,(H,24,25)(H,26,27). The molecule has 8 heteroatoms. The number of aliphatic carboxylic acids is 2. The highest BCUT2D eigenvalue weighted by molar-refractivity contribution is 6.01. The molecule has 4 N–H and O–H groups in total. The second kappa shape index (κ2) is 8.10. The number of rotatable bonds is 8. The lowest BCUT2D eigenvalue weighted by molar-refractivity contribution is -0.194. The number of carbonyl (C=O) groups is 2. The van der Waals surface area contributed by atoms with Gasteiger partial charge < -0.3 is 30.1 Å². The first-order chi connectivity index (χ1) is 13.7. The zero-order chi connectivity index (χ0) is 21.2. The summed E-state index contributed by atoms with van der Waals surface area (Å²) in [5.74, 6) is -6.10. The molecular formula is C21H23NO7. The van der Waals surface area contributed by atoms with E-state index < -0.39 is 23.8 Å². The van der Waals surface area contributed by atoms with Gasteiger partial charge in [0, 0.05) is 12.6 Å². The van der Waals surface area contributed by atoms with Crippen molar-refractivity contribution < 1.29 is 34.4 Å². The zero-order valence-electron chi connectivity index (χ0n) is 16.1. The monoisotopic (exact) mass is 401 g/mol. The predicted octanol–water partition coefficient (Wildman–Crippen LogP) is 1.89. The Bertz CT molecular complexity index is 913. The SMILES string of the molecule is Cc1cccc(C(O)CNC(C)Cc2ccc3c(c2)OC(C(=O)O)(C(=O)O)O3)c1. The largest absolute Gasteiger partial charge is 0.475 e. The molecular weight excluding hydrogens is 378 g/mol. The molecule has 154 valence electrons. The number of aliphatic hydroxyl groups excluding tert-OH is 1. The Hall–Kier alpha value is -3.10. The normalized spacial score (nSPS) is 16.2. The van der Waals surface area contributed by atoms with Gasteiger partial charge in [-0.2, -0.15) is 0 Å². The molecule has 2 unspecified atom stereocenters. The van der Waals surface area contributed by atoms with Gasteiger partial charge in [-0.05, 0) is 43.5 Å². The van der Waals surface area contributed by atoms with Crippen molar-refractivity contribution in [2.75, 3.05) is 6.54 Å². The molecule has 8 nitrogen and oxygen atoms in total. The third-order valence-electron chi connectivity index (χ3n) is 4.71. The van der Waals surface area contributed by atoms with E-state index in [2.05, 4.69) is 5.32 Å². The van der Waals surface area contributed by atoms with E-state index in [9.17, 15) is 24.9 Å². The third kappa shape index (κ3) is 4.33.